The number of hydrogen-bond acceptors (Lipinski definition) is 2. The van der Waals surface area contributed by atoms with E-state index in [2.05, 4.69) is 56.2 Å². The predicted octanol–water partition coefficient (Wildman–Crippen LogP) is 4.89. The molecule has 1 saturated carbocycles. The fourth-order valence-corrected chi connectivity index (χ4v) is 3.51. The Kier molecular flexibility index (Phi) is 6.17. The van der Waals surface area contributed by atoms with Crippen molar-refractivity contribution in [1.82, 2.24) is 5.32 Å². The fourth-order valence-electron chi connectivity index (χ4n) is 2.00. The molecule has 19 heavy (non-hydrogen) atoms. The molecule has 1 aliphatic carbocycles. The average molecular weight is 391 g/mol. The van der Waals surface area contributed by atoms with Crippen molar-refractivity contribution in [2.45, 2.75) is 39.2 Å². The number of rotatable bonds is 8. The molecule has 1 aromatic rings. The van der Waals surface area contributed by atoms with Crippen molar-refractivity contribution in [1.29, 1.82) is 0 Å². The molecule has 0 unspecified atom stereocenters. The molecule has 1 aromatic carbocycles. The number of halogens is 2. The van der Waals surface area contributed by atoms with Crippen LogP contribution in [0.4, 0.5) is 0 Å². The van der Waals surface area contributed by atoms with E-state index in [1.807, 2.05) is 0 Å². The zero-order valence-corrected chi connectivity index (χ0v) is 14.5. The molecule has 0 saturated heterocycles. The van der Waals surface area contributed by atoms with Gasteiger partial charge in [0.1, 0.15) is 5.75 Å². The smallest absolute Gasteiger partial charge is 0.147 e. The molecule has 0 heterocycles. The Bertz CT molecular complexity index is 396. The highest BCUT2D eigenvalue weighted by molar-refractivity contribution is 9.11. The Morgan fingerprint density at radius 2 is 1.95 bits per heavy atom. The third-order valence-corrected chi connectivity index (χ3v) is 4.46. The number of nitrogens with one attached hydrogen (secondary N) is 1. The van der Waals surface area contributed by atoms with Crippen molar-refractivity contribution in [3.8, 4) is 5.75 Å². The molecule has 106 valence electrons. The van der Waals surface area contributed by atoms with Gasteiger partial charge >= 0.3 is 0 Å². The lowest BCUT2D eigenvalue weighted by Gasteiger charge is -2.12. The van der Waals surface area contributed by atoms with Crippen LogP contribution in [0.2, 0.25) is 0 Å². The van der Waals surface area contributed by atoms with Crippen molar-refractivity contribution < 1.29 is 4.74 Å². The van der Waals surface area contributed by atoms with Gasteiger partial charge in [-0.15, -0.1) is 0 Å². The van der Waals surface area contributed by atoms with Crippen LogP contribution in [0.15, 0.2) is 21.1 Å². The average Bonchev–Trinajstić information content (AvgIpc) is 3.17. The lowest BCUT2D eigenvalue weighted by Crippen LogP contribution is -2.13. The zero-order chi connectivity index (χ0) is 13.7. The third-order valence-electron chi connectivity index (χ3n) is 3.28. The summed E-state index contributed by atoms with van der Waals surface area (Å²) >= 11 is 7.21. The molecule has 0 atom stereocenters. The van der Waals surface area contributed by atoms with E-state index in [9.17, 15) is 0 Å². The third kappa shape index (κ3) is 5.09. The molecule has 1 fully saturated rings. The minimum atomic E-state index is 0.815. The van der Waals surface area contributed by atoms with Gasteiger partial charge in [-0.1, -0.05) is 19.8 Å². The van der Waals surface area contributed by atoms with Gasteiger partial charge in [-0.3, -0.25) is 0 Å². The van der Waals surface area contributed by atoms with Crippen LogP contribution in [-0.4, -0.2) is 13.2 Å². The van der Waals surface area contributed by atoms with Crippen molar-refractivity contribution in [2.24, 2.45) is 5.92 Å². The summed E-state index contributed by atoms with van der Waals surface area (Å²) in [5.41, 5.74) is 1.27. The maximum atomic E-state index is 5.88. The van der Waals surface area contributed by atoms with Crippen LogP contribution in [0.5, 0.6) is 5.75 Å². The van der Waals surface area contributed by atoms with Crippen molar-refractivity contribution in [2.75, 3.05) is 13.2 Å². The van der Waals surface area contributed by atoms with E-state index < -0.39 is 0 Å². The van der Waals surface area contributed by atoms with Gasteiger partial charge in [-0.05, 0) is 74.9 Å². The summed E-state index contributed by atoms with van der Waals surface area (Å²) in [4.78, 5) is 0. The predicted molar refractivity (Wildman–Crippen MR) is 86.7 cm³/mol. The van der Waals surface area contributed by atoms with E-state index in [4.69, 9.17) is 4.74 Å². The Morgan fingerprint density at radius 3 is 2.53 bits per heavy atom. The van der Waals surface area contributed by atoms with Crippen LogP contribution in [-0.2, 0) is 6.54 Å². The maximum absolute atomic E-state index is 5.88. The summed E-state index contributed by atoms with van der Waals surface area (Å²) in [6.07, 6.45) is 5.10. The van der Waals surface area contributed by atoms with Crippen molar-refractivity contribution >= 4 is 31.9 Å². The first-order chi connectivity index (χ1) is 9.20. The first-order valence-electron chi connectivity index (χ1n) is 7.02. The zero-order valence-electron chi connectivity index (χ0n) is 11.3. The standard InChI is InChI=1S/C15H21Br2NO/c1-2-6-18-10-12-8-13(16)15(14(17)9-12)19-7-5-11-3-4-11/h8-9,11,18H,2-7,10H2,1H3. The summed E-state index contributed by atoms with van der Waals surface area (Å²) in [6, 6.07) is 4.28. The molecule has 2 nitrogen and oxygen atoms in total. The quantitative estimate of drug-likeness (QED) is 0.638. The molecule has 0 spiro atoms. The SMILES string of the molecule is CCCNCc1cc(Br)c(OCCC2CC2)c(Br)c1. The van der Waals surface area contributed by atoms with E-state index >= 15 is 0 Å². The van der Waals surface area contributed by atoms with Gasteiger partial charge in [0.15, 0.2) is 0 Å². The largest absolute Gasteiger partial charge is 0.491 e. The number of ether oxygens (including phenoxy) is 1. The van der Waals surface area contributed by atoms with Crippen LogP contribution in [0, 0.1) is 5.92 Å². The van der Waals surface area contributed by atoms with Gasteiger partial charge in [0.2, 0.25) is 0 Å². The summed E-state index contributed by atoms with van der Waals surface area (Å²) < 4.78 is 7.95. The Morgan fingerprint density at radius 1 is 1.26 bits per heavy atom. The molecule has 0 aromatic heterocycles. The molecular formula is C15H21Br2NO. The summed E-state index contributed by atoms with van der Waals surface area (Å²) in [6.45, 7) is 4.94. The molecule has 4 heteroatoms. The second kappa shape index (κ2) is 7.65. The van der Waals surface area contributed by atoms with Crippen molar-refractivity contribution in [3.05, 3.63) is 26.6 Å². The second-order valence-electron chi connectivity index (χ2n) is 5.15. The Labute approximate surface area is 132 Å². The van der Waals surface area contributed by atoms with Gasteiger partial charge in [-0.25, -0.2) is 0 Å². The normalized spacial score (nSPS) is 14.7. The van der Waals surface area contributed by atoms with Crippen LogP contribution >= 0.6 is 31.9 Å². The minimum absolute atomic E-state index is 0.815. The maximum Gasteiger partial charge on any atom is 0.147 e. The molecule has 1 aliphatic rings. The number of hydrogen-bond donors (Lipinski definition) is 1. The van der Waals surface area contributed by atoms with E-state index in [1.54, 1.807) is 0 Å². The van der Waals surface area contributed by atoms with Gasteiger partial charge in [0.05, 0.1) is 15.6 Å². The highest BCUT2D eigenvalue weighted by Gasteiger charge is 2.21. The fraction of sp³-hybridized carbons (Fsp3) is 0.600. The first kappa shape index (κ1) is 15.3. The summed E-state index contributed by atoms with van der Waals surface area (Å²) in [5, 5.41) is 3.41. The van der Waals surface area contributed by atoms with Gasteiger partial charge < -0.3 is 10.1 Å². The van der Waals surface area contributed by atoms with Crippen LogP contribution in [0.3, 0.4) is 0 Å². The molecule has 2 rings (SSSR count). The molecular weight excluding hydrogens is 370 g/mol. The highest BCUT2D eigenvalue weighted by atomic mass is 79.9. The monoisotopic (exact) mass is 389 g/mol. The summed E-state index contributed by atoms with van der Waals surface area (Å²) in [7, 11) is 0. The highest BCUT2D eigenvalue weighted by Crippen LogP contribution is 2.36. The first-order valence-corrected chi connectivity index (χ1v) is 8.60. The molecule has 0 radical (unpaired) electrons. The lowest BCUT2D eigenvalue weighted by atomic mass is 10.2. The van der Waals surface area contributed by atoms with E-state index in [1.165, 1.54) is 24.8 Å². The second-order valence-corrected chi connectivity index (χ2v) is 6.85. The molecule has 0 bridgehead atoms. The van der Waals surface area contributed by atoms with E-state index in [0.717, 1.165) is 46.7 Å². The van der Waals surface area contributed by atoms with Crippen LogP contribution in [0.1, 0.15) is 38.2 Å². The van der Waals surface area contributed by atoms with E-state index in [0.29, 0.717) is 0 Å². The van der Waals surface area contributed by atoms with E-state index in [-0.39, 0.29) is 0 Å². The Balaban J connectivity index is 1.91. The Hall–Kier alpha value is -0.0600. The summed E-state index contributed by atoms with van der Waals surface area (Å²) in [5.74, 6) is 1.84. The minimum Gasteiger partial charge on any atom is -0.491 e. The van der Waals surface area contributed by atoms with Gasteiger partial charge in [-0.2, -0.15) is 0 Å². The lowest BCUT2D eigenvalue weighted by molar-refractivity contribution is 0.299. The van der Waals surface area contributed by atoms with Gasteiger partial charge in [0, 0.05) is 6.54 Å². The van der Waals surface area contributed by atoms with Crippen molar-refractivity contribution in [3.63, 3.8) is 0 Å². The van der Waals surface area contributed by atoms with Crippen LogP contribution in [0.25, 0.3) is 0 Å². The number of benzene rings is 1. The molecule has 0 amide bonds. The van der Waals surface area contributed by atoms with Crippen LogP contribution < -0.4 is 10.1 Å². The molecule has 0 aliphatic heterocycles. The topological polar surface area (TPSA) is 21.3 Å². The molecule has 1 N–H and O–H groups in total. The van der Waals surface area contributed by atoms with Gasteiger partial charge in [0.25, 0.3) is 0 Å².